The van der Waals surface area contributed by atoms with E-state index in [4.69, 9.17) is 11.8 Å². The molecule has 0 N–H and O–H groups in total. The molecule has 2 heterocycles. The third kappa shape index (κ3) is 1.22. The summed E-state index contributed by atoms with van der Waals surface area (Å²) in [6, 6.07) is 0. The number of amidine groups is 1. The van der Waals surface area contributed by atoms with E-state index in [9.17, 15) is 0 Å². The highest BCUT2D eigenvalue weighted by Crippen LogP contribution is 2.40. The number of allylic oxidation sites excluding steroid dienone is 4. The molecule has 3 nitrogen and oxygen atoms in total. The van der Waals surface area contributed by atoms with Crippen LogP contribution in [0.4, 0.5) is 0 Å². The van der Waals surface area contributed by atoms with E-state index >= 15 is 0 Å². The van der Waals surface area contributed by atoms with Crippen LogP contribution in [0.25, 0.3) is 0 Å². The lowest BCUT2D eigenvalue weighted by Gasteiger charge is -2.19. The van der Waals surface area contributed by atoms with Crippen molar-refractivity contribution in [3.05, 3.63) is 47.6 Å². The maximum atomic E-state index is 6.45. The van der Waals surface area contributed by atoms with E-state index < -0.39 is 0 Å². The molecule has 0 aromatic heterocycles. The summed E-state index contributed by atoms with van der Waals surface area (Å²) in [7, 11) is 0. The van der Waals surface area contributed by atoms with Gasteiger partial charge >= 0.3 is 0 Å². The molecule has 0 amide bonds. The summed E-state index contributed by atoms with van der Waals surface area (Å²) in [5.41, 5.74) is 2.95. The smallest absolute Gasteiger partial charge is 0.253 e. The van der Waals surface area contributed by atoms with E-state index in [1.165, 1.54) is 0 Å². The van der Waals surface area contributed by atoms with Crippen molar-refractivity contribution in [1.29, 1.82) is 0 Å². The van der Waals surface area contributed by atoms with Crippen LogP contribution in [-0.4, -0.2) is 14.1 Å². The zero-order valence-corrected chi connectivity index (χ0v) is 10.5. The fourth-order valence-electron chi connectivity index (χ4n) is 1.57. The van der Waals surface area contributed by atoms with Crippen LogP contribution in [-0.2, 0) is 0 Å². The fourth-order valence-corrected chi connectivity index (χ4v) is 2.44. The molecule has 0 radical (unpaired) electrons. The Morgan fingerprint density at radius 1 is 1.40 bits per heavy atom. The molecule has 15 heavy (non-hydrogen) atoms. The molecule has 1 atom stereocenters. The zero-order valence-electron chi connectivity index (χ0n) is 7.56. The van der Waals surface area contributed by atoms with Crippen LogP contribution in [0.5, 0.6) is 0 Å². The van der Waals surface area contributed by atoms with E-state index in [2.05, 4.69) is 32.6 Å². The molecule has 5 heteroatoms. The van der Waals surface area contributed by atoms with Gasteiger partial charge in [-0.3, -0.25) is 4.99 Å². The fraction of sp³-hybridized carbons (Fsp3) is 0. The molecule has 2 aliphatic heterocycles. The van der Waals surface area contributed by atoms with E-state index in [1.54, 1.807) is 12.4 Å². The van der Waals surface area contributed by atoms with E-state index in [1.807, 2.05) is 24.4 Å². The minimum atomic E-state index is 0.116. The van der Waals surface area contributed by atoms with Gasteiger partial charge in [0.25, 0.3) is 3.84 Å². The standard InChI is InChI=1S/C10H6ClIN3/c11-15-5-4-13-6-8(15)9(14-10(15)12)7-2-1-3-7/h1-6H/q+1. The van der Waals surface area contributed by atoms with Crippen molar-refractivity contribution in [3.8, 4) is 0 Å². The Bertz CT molecular complexity index is 525. The van der Waals surface area contributed by atoms with Gasteiger partial charge in [0, 0.05) is 5.57 Å². The van der Waals surface area contributed by atoms with Crippen molar-refractivity contribution in [3.63, 3.8) is 0 Å². The van der Waals surface area contributed by atoms with Crippen LogP contribution in [0.1, 0.15) is 0 Å². The van der Waals surface area contributed by atoms with E-state index in [-0.39, 0.29) is 4.00 Å². The highest BCUT2D eigenvalue weighted by atomic mass is 127. The number of quaternary nitrogens is 1. The Morgan fingerprint density at radius 3 is 2.87 bits per heavy atom. The molecule has 3 aliphatic rings. The van der Waals surface area contributed by atoms with Crippen LogP contribution < -0.4 is 0 Å². The molecular formula is C10H6ClIN3+. The average molecular weight is 331 g/mol. The number of rotatable bonds is 1. The predicted octanol–water partition coefficient (Wildman–Crippen LogP) is 3.03. The number of halogens is 2. The predicted molar refractivity (Wildman–Crippen MR) is 69.4 cm³/mol. The number of hydrogen-bond donors (Lipinski definition) is 0. The maximum Gasteiger partial charge on any atom is 0.292 e. The minimum absolute atomic E-state index is 0.116. The molecule has 0 fully saturated rings. The minimum Gasteiger partial charge on any atom is -0.253 e. The van der Waals surface area contributed by atoms with Gasteiger partial charge in [-0.2, -0.15) is 4.99 Å². The molecule has 1 aliphatic carbocycles. The van der Waals surface area contributed by atoms with Gasteiger partial charge in [-0.15, -0.1) is 4.00 Å². The summed E-state index contributed by atoms with van der Waals surface area (Å²) in [6.45, 7) is 0. The Kier molecular flexibility index (Phi) is 1.99. The summed E-state index contributed by atoms with van der Waals surface area (Å²) in [6.07, 6.45) is 11.3. The maximum absolute atomic E-state index is 6.45. The third-order valence-corrected chi connectivity index (χ3v) is 4.19. The molecule has 0 aromatic carbocycles. The molecule has 3 rings (SSSR count). The summed E-state index contributed by atoms with van der Waals surface area (Å²) in [5.74, 6) is 0. The first-order chi connectivity index (χ1) is 7.22. The van der Waals surface area contributed by atoms with Crippen LogP contribution in [0, 0.1) is 0 Å². The number of aliphatic imine (C=N–C) groups is 2. The van der Waals surface area contributed by atoms with Crippen molar-refractivity contribution in [2.24, 2.45) is 9.98 Å². The van der Waals surface area contributed by atoms with Gasteiger partial charge in [-0.1, -0.05) is 18.2 Å². The summed E-state index contributed by atoms with van der Waals surface area (Å²) < 4.78 is 0.938. The lowest BCUT2D eigenvalue weighted by molar-refractivity contribution is -0.594. The first kappa shape index (κ1) is 9.50. The average Bonchev–Trinajstić information content (AvgIpc) is 2.38. The lowest BCUT2D eigenvalue weighted by atomic mass is 10.0. The highest BCUT2D eigenvalue weighted by molar-refractivity contribution is 14.1. The number of nitrogens with zero attached hydrogens (tertiary/aromatic N) is 3. The SMILES string of the molecule is Cl[N+]12C=CN=CC1=C(C1=CC=C1)N=C2I. The lowest BCUT2D eigenvalue weighted by Crippen LogP contribution is -2.33. The van der Waals surface area contributed by atoms with Crippen molar-refractivity contribution in [2.45, 2.75) is 0 Å². The van der Waals surface area contributed by atoms with Crippen molar-refractivity contribution < 1.29 is 4.00 Å². The Labute approximate surface area is 106 Å². The van der Waals surface area contributed by atoms with Crippen molar-refractivity contribution >= 4 is 44.4 Å². The molecule has 74 valence electrons. The van der Waals surface area contributed by atoms with Crippen LogP contribution in [0.3, 0.4) is 0 Å². The topological polar surface area (TPSA) is 24.7 Å². The Balaban J connectivity index is 2.18. The largest absolute Gasteiger partial charge is 0.292 e. The van der Waals surface area contributed by atoms with Crippen molar-refractivity contribution in [2.75, 3.05) is 0 Å². The normalized spacial score (nSPS) is 31.3. The molecule has 1 unspecified atom stereocenters. The van der Waals surface area contributed by atoms with Gasteiger partial charge in [-0.25, -0.2) is 0 Å². The van der Waals surface area contributed by atoms with Gasteiger partial charge in [0.2, 0.25) is 5.70 Å². The van der Waals surface area contributed by atoms with Gasteiger partial charge in [0.1, 0.15) is 11.9 Å². The molecular weight excluding hydrogens is 324 g/mol. The van der Waals surface area contributed by atoms with Gasteiger partial charge in [0.05, 0.1) is 35.0 Å². The highest BCUT2D eigenvalue weighted by Gasteiger charge is 2.44. The third-order valence-electron chi connectivity index (χ3n) is 2.45. The quantitative estimate of drug-likeness (QED) is 0.401. The van der Waals surface area contributed by atoms with Crippen LogP contribution >= 0.6 is 34.4 Å². The van der Waals surface area contributed by atoms with Gasteiger partial charge in [-0.05, 0) is 0 Å². The first-order valence-electron chi connectivity index (χ1n) is 4.39. The molecule has 0 spiro atoms. The summed E-state index contributed by atoms with van der Waals surface area (Å²) in [4.78, 5) is 8.59. The first-order valence-corrected chi connectivity index (χ1v) is 5.81. The second-order valence-electron chi connectivity index (χ2n) is 3.31. The number of fused-ring (bicyclic) bond motifs is 1. The Morgan fingerprint density at radius 2 is 2.20 bits per heavy atom. The van der Waals surface area contributed by atoms with Crippen LogP contribution in [0.2, 0.25) is 0 Å². The summed E-state index contributed by atoms with van der Waals surface area (Å²) >= 11 is 8.61. The van der Waals surface area contributed by atoms with Gasteiger partial charge in [0.15, 0.2) is 11.8 Å². The van der Waals surface area contributed by atoms with E-state index in [0.29, 0.717) is 0 Å². The molecule has 0 saturated carbocycles. The molecule has 0 saturated heterocycles. The van der Waals surface area contributed by atoms with Crippen molar-refractivity contribution in [1.82, 2.24) is 0 Å². The molecule has 0 aromatic rings. The molecule has 0 bridgehead atoms. The van der Waals surface area contributed by atoms with Crippen LogP contribution in [0.15, 0.2) is 57.6 Å². The second-order valence-corrected chi connectivity index (χ2v) is 4.81. The second kappa shape index (κ2) is 3.13. The zero-order chi connectivity index (χ0) is 10.5. The summed E-state index contributed by atoms with van der Waals surface area (Å²) in [5, 5.41) is 0. The van der Waals surface area contributed by atoms with Gasteiger partial charge < -0.3 is 0 Å². The number of hydrogen-bond acceptors (Lipinski definition) is 2. The monoisotopic (exact) mass is 330 g/mol. The Hall–Kier alpha value is -0.720. The van der Waals surface area contributed by atoms with E-state index in [0.717, 1.165) is 20.8 Å².